The summed E-state index contributed by atoms with van der Waals surface area (Å²) < 4.78 is 56.5. The van der Waals surface area contributed by atoms with Crippen LogP contribution < -0.4 is 15.4 Å². The number of nitrogens with one attached hydrogen (secondary N) is 2. The monoisotopic (exact) mass is 356 g/mol. The fourth-order valence-electron chi connectivity index (χ4n) is 2.00. The zero-order chi connectivity index (χ0) is 18.6. The molecule has 0 aliphatic rings. The van der Waals surface area contributed by atoms with E-state index in [2.05, 4.69) is 5.32 Å². The standard InChI is InChI=1S/C16H12F4N2O3/c1-25-12-7-3-6-11(17)13(12)14(23)22-15(24)21-10-5-2-4-9(8-10)16(18,19)20/h2-8H,1H3,(H2,21,22,23,24). The Kier molecular flexibility index (Phi) is 5.26. The number of methoxy groups -OCH3 is 1. The average molecular weight is 356 g/mol. The van der Waals surface area contributed by atoms with Crippen LogP contribution in [0.3, 0.4) is 0 Å². The Labute approximate surface area is 139 Å². The number of rotatable bonds is 3. The topological polar surface area (TPSA) is 67.4 Å². The molecule has 2 aromatic rings. The van der Waals surface area contributed by atoms with Crippen molar-refractivity contribution in [3.8, 4) is 5.75 Å². The van der Waals surface area contributed by atoms with Gasteiger partial charge in [-0.2, -0.15) is 13.2 Å². The quantitative estimate of drug-likeness (QED) is 0.822. The number of hydrogen-bond acceptors (Lipinski definition) is 3. The summed E-state index contributed by atoms with van der Waals surface area (Å²) in [6.45, 7) is 0. The van der Waals surface area contributed by atoms with E-state index in [1.54, 1.807) is 0 Å². The number of alkyl halides is 3. The van der Waals surface area contributed by atoms with Crippen LogP contribution in [0.15, 0.2) is 42.5 Å². The molecule has 2 aromatic carbocycles. The first kappa shape index (κ1) is 18.2. The van der Waals surface area contributed by atoms with E-state index in [9.17, 15) is 27.2 Å². The van der Waals surface area contributed by atoms with E-state index >= 15 is 0 Å². The van der Waals surface area contributed by atoms with Gasteiger partial charge in [-0.3, -0.25) is 10.1 Å². The molecule has 0 heterocycles. The smallest absolute Gasteiger partial charge is 0.416 e. The molecular formula is C16H12F4N2O3. The van der Waals surface area contributed by atoms with Crippen molar-refractivity contribution in [1.82, 2.24) is 5.32 Å². The van der Waals surface area contributed by atoms with Gasteiger partial charge >= 0.3 is 12.2 Å². The lowest BCUT2D eigenvalue weighted by molar-refractivity contribution is -0.137. The van der Waals surface area contributed by atoms with Crippen LogP contribution in [0.4, 0.5) is 28.0 Å². The second-order valence-corrected chi connectivity index (χ2v) is 4.80. The number of carbonyl (C=O) groups excluding carboxylic acids is 2. The highest BCUT2D eigenvalue weighted by Crippen LogP contribution is 2.30. The van der Waals surface area contributed by atoms with Crippen LogP contribution >= 0.6 is 0 Å². The van der Waals surface area contributed by atoms with E-state index in [-0.39, 0.29) is 11.4 Å². The molecule has 2 N–H and O–H groups in total. The molecule has 3 amide bonds. The Hall–Kier alpha value is -3.10. The number of imide groups is 1. The second-order valence-electron chi connectivity index (χ2n) is 4.80. The Balaban J connectivity index is 2.12. The number of anilines is 1. The van der Waals surface area contributed by atoms with E-state index in [1.165, 1.54) is 25.3 Å². The van der Waals surface area contributed by atoms with Crippen LogP contribution in [-0.4, -0.2) is 19.0 Å². The lowest BCUT2D eigenvalue weighted by atomic mass is 10.1. The zero-order valence-corrected chi connectivity index (χ0v) is 12.8. The van der Waals surface area contributed by atoms with Crippen molar-refractivity contribution in [3.05, 3.63) is 59.4 Å². The summed E-state index contributed by atoms with van der Waals surface area (Å²) in [6.07, 6.45) is -4.58. The summed E-state index contributed by atoms with van der Waals surface area (Å²) in [5, 5.41) is 3.91. The van der Waals surface area contributed by atoms with Crippen molar-refractivity contribution in [2.45, 2.75) is 6.18 Å². The van der Waals surface area contributed by atoms with Gasteiger partial charge in [0.25, 0.3) is 5.91 Å². The summed E-state index contributed by atoms with van der Waals surface area (Å²) in [7, 11) is 1.22. The van der Waals surface area contributed by atoms with E-state index in [1.807, 2.05) is 5.32 Å². The normalized spacial score (nSPS) is 10.9. The summed E-state index contributed by atoms with van der Waals surface area (Å²) in [4.78, 5) is 23.8. The van der Waals surface area contributed by atoms with E-state index in [0.29, 0.717) is 6.07 Å². The van der Waals surface area contributed by atoms with Crippen molar-refractivity contribution in [2.75, 3.05) is 12.4 Å². The lowest BCUT2D eigenvalue weighted by Crippen LogP contribution is -2.35. The fourth-order valence-corrected chi connectivity index (χ4v) is 2.00. The third-order valence-corrected chi connectivity index (χ3v) is 3.10. The molecule has 25 heavy (non-hydrogen) atoms. The molecular weight excluding hydrogens is 344 g/mol. The Morgan fingerprint density at radius 1 is 1.08 bits per heavy atom. The second kappa shape index (κ2) is 7.20. The Morgan fingerprint density at radius 3 is 2.40 bits per heavy atom. The molecule has 0 atom stereocenters. The molecule has 0 spiro atoms. The minimum atomic E-state index is -4.58. The van der Waals surface area contributed by atoms with Crippen molar-refractivity contribution >= 4 is 17.6 Å². The summed E-state index contributed by atoms with van der Waals surface area (Å²) in [5.74, 6) is -2.10. The van der Waals surface area contributed by atoms with Crippen molar-refractivity contribution in [2.24, 2.45) is 0 Å². The van der Waals surface area contributed by atoms with Crippen LogP contribution in [0.25, 0.3) is 0 Å². The lowest BCUT2D eigenvalue weighted by Gasteiger charge is -2.11. The third-order valence-electron chi connectivity index (χ3n) is 3.10. The van der Waals surface area contributed by atoms with Crippen molar-refractivity contribution in [3.63, 3.8) is 0 Å². The molecule has 0 aliphatic heterocycles. The molecule has 0 radical (unpaired) electrons. The number of hydrogen-bond donors (Lipinski definition) is 2. The maximum Gasteiger partial charge on any atom is 0.416 e. The van der Waals surface area contributed by atoms with Crippen molar-refractivity contribution in [1.29, 1.82) is 0 Å². The number of carbonyl (C=O) groups is 2. The Bertz CT molecular complexity index is 806. The van der Waals surface area contributed by atoms with Crippen LogP contribution in [0.2, 0.25) is 0 Å². The van der Waals surface area contributed by atoms with E-state index in [4.69, 9.17) is 4.74 Å². The average Bonchev–Trinajstić information content (AvgIpc) is 2.53. The number of halogens is 4. The molecule has 0 fully saturated rings. The van der Waals surface area contributed by atoms with Gasteiger partial charge in [0, 0.05) is 5.69 Å². The third kappa shape index (κ3) is 4.46. The summed E-state index contributed by atoms with van der Waals surface area (Å²) in [6, 6.07) is 6.36. The summed E-state index contributed by atoms with van der Waals surface area (Å²) in [5.41, 5.74) is -1.64. The largest absolute Gasteiger partial charge is 0.496 e. The van der Waals surface area contributed by atoms with Gasteiger partial charge in [0.05, 0.1) is 12.7 Å². The van der Waals surface area contributed by atoms with Gasteiger partial charge in [-0.15, -0.1) is 0 Å². The molecule has 132 valence electrons. The maximum atomic E-state index is 13.8. The predicted molar refractivity (Wildman–Crippen MR) is 80.9 cm³/mol. The van der Waals surface area contributed by atoms with Gasteiger partial charge in [-0.1, -0.05) is 12.1 Å². The SMILES string of the molecule is COc1cccc(F)c1C(=O)NC(=O)Nc1cccc(C(F)(F)F)c1. The number of urea groups is 1. The molecule has 0 saturated carbocycles. The van der Waals surface area contributed by atoms with Gasteiger partial charge in [0.1, 0.15) is 17.1 Å². The first-order valence-electron chi connectivity index (χ1n) is 6.84. The fraction of sp³-hybridized carbons (Fsp3) is 0.125. The van der Waals surface area contributed by atoms with Crippen molar-refractivity contribution < 1.29 is 31.9 Å². The molecule has 9 heteroatoms. The highest BCUT2D eigenvalue weighted by atomic mass is 19.4. The minimum Gasteiger partial charge on any atom is -0.496 e. The van der Waals surface area contributed by atoms with Gasteiger partial charge in [-0.25, -0.2) is 9.18 Å². The molecule has 0 aliphatic carbocycles. The van der Waals surface area contributed by atoms with Crippen LogP contribution in [-0.2, 0) is 6.18 Å². The minimum absolute atomic E-state index is 0.0932. The molecule has 0 bridgehead atoms. The maximum absolute atomic E-state index is 13.8. The molecule has 0 unspecified atom stereocenters. The van der Waals surface area contributed by atoms with Crippen LogP contribution in [0.5, 0.6) is 5.75 Å². The highest BCUT2D eigenvalue weighted by molar-refractivity contribution is 6.09. The molecule has 0 saturated heterocycles. The summed E-state index contributed by atoms with van der Waals surface area (Å²) >= 11 is 0. The molecule has 5 nitrogen and oxygen atoms in total. The number of benzene rings is 2. The molecule has 2 rings (SSSR count). The number of ether oxygens (including phenoxy) is 1. The first-order valence-corrected chi connectivity index (χ1v) is 6.84. The van der Waals surface area contributed by atoms with E-state index in [0.717, 1.165) is 18.2 Å². The highest BCUT2D eigenvalue weighted by Gasteiger charge is 2.30. The van der Waals surface area contributed by atoms with Gasteiger partial charge < -0.3 is 10.1 Å². The van der Waals surface area contributed by atoms with Crippen LogP contribution in [0, 0.1) is 5.82 Å². The van der Waals surface area contributed by atoms with Gasteiger partial charge in [0.15, 0.2) is 0 Å². The van der Waals surface area contributed by atoms with Crippen LogP contribution in [0.1, 0.15) is 15.9 Å². The van der Waals surface area contributed by atoms with Gasteiger partial charge in [-0.05, 0) is 30.3 Å². The zero-order valence-electron chi connectivity index (χ0n) is 12.8. The molecule has 0 aromatic heterocycles. The first-order chi connectivity index (χ1) is 11.7. The van der Waals surface area contributed by atoms with E-state index < -0.39 is 35.1 Å². The number of amides is 3. The Morgan fingerprint density at radius 2 is 1.76 bits per heavy atom. The van der Waals surface area contributed by atoms with Gasteiger partial charge in [0.2, 0.25) is 0 Å². The predicted octanol–water partition coefficient (Wildman–Crippen LogP) is 3.82.